The maximum Gasteiger partial charge on any atom is 0.246 e. The number of aromatic nitrogens is 2. The molecule has 2 aromatic rings. The summed E-state index contributed by atoms with van der Waals surface area (Å²) in [5, 5.41) is 5.54. The zero-order valence-electron chi connectivity index (χ0n) is 15.0. The molecule has 1 aliphatic heterocycles. The van der Waals surface area contributed by atoms with E-state index in [-0.39, 0.29) is 5.91 Å². The molecule has 2 heterocycles. The van der Waals surface area contributed by atoms with Crippen LogP contribution in [0.15, 0.2) is 30.3 Å². The average molecular weight is 393 g/mol. The highest BCUT2D eigenvalue weighted by Crippen LogP contribution is 2.20. The van der Waals surface area contributed by atoms with Gasteiger partial charge in [-0.2, -0.15) is 5.10 Å². The van der Waals surface area contributed by atoms with Crippen molar-refractivity contribution in [2.24, 2.45) is 7.05 Å². The number of amides is 1. The van der Waals surface area contributed by atoms with E-state index in [2.05, 4.69) is 16.1 Å². The molecule has 0 bridgehead atoms. The summed E-state index contributed by atoms with van der Waals surface area (Å²) < 4.78 is 1.61. The third-order valence-electron chi connectivity index (χ3n) is 4.57. The summed E-state index contributed by atoms with van der Waals surface area (Å²) in [7, 11) is 1.79. The van der Waals surface area contributed by atoms with Gasteiger partial charge in [0.25, 0.3) is 0 Å². The maximum atomic E-state index is 12.4. The van der Waals surface area contributed by atoms with Crippen molar-refractivity contribution in [3.8, 4) is 0 Å². The average Bonchev–Trinajstić information content (AvgIpc) is 2.85. The lowest BCUT2D eigenvalue weighted by Gasteiger charge is -2.34. The first kappa shape index (κ1) is 19.0. The van der Waals surface area contributed by atoms with Crippen molar-refractivity contribution in [3.05, 3.63) is 57.3 Å². The van der Waals surface area contributed by atoms with E-state index in [1.54, 1.807) is 23.9 Å². The van der Waals surface area contributed by atoms with Gasteiger partial charge >= 0.3 is 0 Å². The minimum absolute atomic E-state index is 0.00623. The highest BCUT2D eigenvalue weighted by Gasteiger charge is 2.20. The van der Waals surface area contributed by atoms with Crippen molar-refractivity contribution in [1.82, 2.24) is 19.6 Å². The van der Waals surface area contributed by atoms with E-state index in [9.17, 15) is 4.79 Å². The molecule has 0 atom stereocenters. The second-order valence-electron chi connectivity index (χ2n) is 6.48. The van der Waals surface area contributed by atoms with Gasteiger partial charge in [0.2, 0.25) is 5.91 Å². The van der Waals surface area contributed by atoms with E-state index in [0.717, 1.165) is 35.9 Å². The summed E-state index contributed by atoms with van der Waals surface area (Å²) in [6.45, 7) is 5.85. The highest BCUT2D eigenvalue weighted by atomic mass is 35.5. The summed E-state index contributed by atoms with van der Waals surface area (Å²) in [6, 6.07) is 7.91. The Bertz CT molecular complexity index is 823. The van der Waals surface area contributed by atoms with E-state index >= 15 is 0 Å². The molecular formula is C19H22Cl2N4O. The molecule has 1 aliphatic rings. The third-order valence-corrected chi connectivity index (χ3v) is 5.25. The van der Waals surface area contributed by atoms with Gasteiger partial charge in [-0.1, -0.05) is 35.3 Å². The van der Waals surface area contributed by atoms with Crippen LogP contribution in [-0.4, -0.2) is 51.7 Å². The van der Waals surface area contributed by atoms with Crippen molar-refractivity contribution in [3.63, 3.8) is 0 Å². The minimum Gasteiger partial charge on any atom is -0.337 e. The van der Waals surface area contributed by atoms with Crippen molar-refractivity contribution >= 4 is 35.2 Å². The van der Waals surface area contributed by atoms with Gasteiger partial charge in [-0.15, -0.1) is 0 Å². The number of aryl methyl sites for hydroxylation is 2. The number of nitrogens with zero attached hydrogens (tertiary/aromatic N) is 4. The quantitative estimate of drug-likeness (QED) is 0.748. The van der Waals surface area contributed by atoms with Crippen LogP contribution >= 0.6 is 23.2 Å². The fourth-order valence-electron chi connectivity index (χ4n) is 3.12. The molecule has 0 N–H and O–H groups in total. The molecule has 26 heavy (non-hydrogen) atoms. The zero-order chi connectivity index (χ0) is 18.7. The summed E-state index contributed by atoms with van der Waals surface area (Å²) in [5.74, 6) is 0.00623. The van der Waals surface area contributed by atoms with Gasteiger partial charge in [0.15, 0.2) is 0 Å². The van der Waals surface area contributed by atoms with Crippen LogP contribution in [0.2, 0.25) is 10.2 Å². The molecule has 1 saturated heterocycles. The van der Waals surface area contributed by atoms with Crippen molar-refractivity contribution in [2.45, 2.75) is 13.5 Å². The fourth-order valence-corrected chi connectivity index (χ4v) is 3.57. The predicted octanol–water partition coefficient (Wildman–Crippen LogP) is 3.39. The molecule has 1 aromatic carbocycles. The first-order chi connectivity index (χ1) is 12.4. The Morgan fingerprint density at radius 3 is 2.58 bits per heavy atom. The van der Waals surface area contributed by atoms with Crippen molar-refractivity contribution in [2.75, 3.05) is 26.2 Å². The van der Waals surface area contributed by atoms with Gasteiger partial charge in [0.1, 0.15) is 5.15 Å². The Morgan fingerprint density at radius 1 is 1.23 bits per heavy atom. The second-order valence-corrected chi connectivity index (χ2v) is 7.27. The fraction of sp³-hybridized carbons (Fsp3) is 0.368. The van der Waals surface area contributed by atoms with Gasteiger partial charge < -0.3 is 4.90 Å². The van der Waals surface area contributed by atoms with E-state index < -0.39 is 0 Å². The standard InChI is InChI=1S/C19H22Cl2N4O/c1-14-17(19(21)23(2)22-14)6-7-18(26)25-10-8-24(9-11-25)13-15-4-3-5-16(20)12-15/h3-7,12H,8-11,13H2,1-2H3/b7-6+. The van der Waals surface area contributed by atoms with E-state index in [1.807, 2.05) is 30.0 Å². The van der Waals surface area contributed by atoms with E-state index in [4.69, 9.17) is 23.2 Å². The largest absolute Gasteiger partial charge is 0.337 e. The van der Waals surface area contributed by atoms with Crippen LogP contribution in [0, 0.1) is 6.92 Å². The molecular weight excluding hydrogens is 371 g/mol. The van der Waals surface area contributed by atoms with Gasteiger partial charge in [0.05, 0.1) is 5.69 Å². The Labute approximate surface area is 163 Å². The van der Waals surface area contributed by atoms with Crippen molar-refractivity contribution in [1.29, 1.82) is 0 Å². The van der Waals surface area contributed by atoms with E-state index in [1.165, 1.54) is 5.56 Å². The molecule has 0 radical (unpaired) electrons. The number of rotatable bonds is 4. The molecule has 138 valence electrons. The normalized spacial score (nSPS) is 15.8. The first-order valence-electron chi connectivity index (χ1n) is 8.57. The summed E-state index contributed by atoms with van der Waals surface area (Å²) in [5.41, 5.74) is 2.80. The number of hydrogen-bond donors (Lipinski definition) is 0. The lowest BCUT2D eigenvalue weighted by atomic mass is 10.2. The number of benzene rings is 1. The van der Waals surface area contributed by atoms with Crippen LogP contribution < -0.4 is 0 Å². The predicted molar refractivity (Wildman–Crippen MR) is 105 cm³/mol. The second kappa shape index (κ2) is 8.25. The molecule has 1 fully saturated rings. The number of piperazine rings is 1. The monoisotopic (exact) mass is 392 g/mol. The van der Waals surface area contributed by atoms with E-state index in [0.29, 0.717) is 18.2 Å². The molecule has 1 aromatic heterocycles. The smallest absolute Gasteiger partial charge is 0.246 e. The molecule has 0 spiro atoms. The lowest BCUT2D eigenvalue weighted by Crippen LogP contribution is -2.47. The maximum absolute atomic E-state index is 12.4. The molecule has 0 unspecified atom stereocenters. The van der Waals surface area contributed by atoms with Gasteiger partial charge in [-0.05, 0) is 30.7 Å². The lowest BCUT2D eigenvalue weighted by molar-refractivity contribution is -0.127. The summed E-state index contributed by atoms with van der Waals surface area (Å²) in [4.78, 5) is 16.6. The minimum atomic E-state index is 0.00623. The Balaban J connectivity index is 1.54. The molecule has 7 heteroatoms. The van der Waals surface area contributed by atoms with Crippen LogP contribution in [0.5, 0.6) is 0 Å². The summed E-state index contributed by atoms with van der Waals surface area (Å²) in [6.07, 6.45) is 3.34. The molecule has 0 saturated carbocycles. The topological polar surface area (TPSA) is 41.4 Å². The number of carbonyl (C=O) groups excluding carboxylic acids is 1. The van der Waals surface area contributed by atoms with Crippen LogP contribution in [0.25, 0.3) is 6.08 Å². The van der Waals surface area contributed by atoms with Crippen LogP contribution in [0.3, 0.4) is 0 Å². The first-order valence-corrected chi connectivity index (χ1v) is 9.32. The van der Waals surface area contributed by atoms with Gasteiger partial charge in [-0.3, -0.25) is 14.4 Å². The number of carbonyl (C=O) groups is 1. The van der Waals surface area contributed by atoms with Crippen LogP contribution in [0.1, 0.15) is 16.8 Å². The molecule has 3 rings (SSSR count). The highest BCUT2D eigenvalue weighted by molar-refractivity contribution is 6.31. The number of halogens is 2. The Morgan fingerprint density at radius 2 is 1.96 bits per heavy atom. The SMILES string of the molecule is Cc1nn(C)c(Cl)c1/C=C/C(=O)N1CCN(Cc2cccc(Cl)c2)CC1. The Hall–Kier alpha value is -1.82. The molecule has 0 aliphatic carbocycles. The molecule has 1 amide bonds. The Kier molecular flexibility index (Phi) is 6.01. The van der Waals surface area contributed by atoms with Crippen LogP contribution in [0.4, 0.5) is 0 Å². The molecule has 5 nitrogen and oxygen atoms in total. The van der Waals surface area contributed by atoms with Gasteiger partial charge in [0, 0.05) is 56.4 Å². The third kappa shape index (κ3) is 4.47. The van der Waals surface area contributed by atoms with Crippen LogP contribution in [-0.2, 0) is 18.4 Å². The number of hydrogen-bond acceptors (Lipinski definition) is 3. The van der Waals surface area contributed by atoms with Gasteiger partial charge in [-0.25, -0.2) is 0 Å². The summed E-state index contributed by atoms with van der Waals surface area (Å²) >= 11 is 12.2. The van der Waals surface area contributed by atoms with Crippen molar-refractivity contribution < 1.29 is 4.79 Å². The zero-order valence-corrected chi connectivity index (χ0v) is 16.5.